The summed E-state index contributed by atoms with van der Waals surface area (Å²) in [5, 5.41) is 17.5. The second-order valence-corrected chi connectivity index (χ2v) is 6.59. The van der Waals surface area contributed by atoms with Crippen molar-refractivity contribution in [2.75, 3.05) is 18.4 Å². The fourth-order valence-corrected chi connectivity index (χ4v) is 3.02. The molecule has 0 saturated carbocycles. The summed E-state index contributed by atoms with van der Waals surface area (Å²) < 4.78 is 0. The van der Waals surface area contributed by atoms with E-state index in [2.05, 4.69) is 16.0 Å². The number of benzene rings is 2. The maximum atomic E-state index is 12.4. The molecule has 0 fully saturated rings. The molecule has 138 valence electrons. The fourth-order valence-electron chi connectivity index (χ4n) is 2.10. The van der Waals surface area contributed by atoms with Gasteiger partial charge in [0.05, 0.1) is 5.69 Å². The average Bonchev–Trinajstić information content (AvgIpc) is 2.66. The van der Waals surface area contributed by atoms with Crippen LogP contribution in [0.3, 0.4) is 0 Å². The Morgan fingerprint density at radius 2 is 1.78 bits per heavy atom. The molecule has 0 aromatic heterocycles. The summed E-state index contributed by atoms with van der Waals surface area (Å²) >= 11 is 1.53. The van der Waals surface area contributed by atoms with Gasteiger partial charge >= 0.3 is 0 Å². The van der Waals surface area contributed by atoms with E-state index in [1.54, 1.807) is 6.07 Å². The summed E-state index contributed by atoms with van der Waals surface area (Å²) in [5.41, 5.74) is 0.591. The van der Waals surface area contributed by atoms with E-state index in [0.29, 0.717) is 18.8 Å². The lowest BCUT2D eigenvalue weighted by Crippen LogP contribution is -2.28. The molecular weight excluding hydrogens is 360 g/mol. The zero-order valence-corrected chi connectivity index (χ0v) is 15.7. The Morgan fingerprint density at radius 1 is 1.07 bits per heavy atom. The predicted molar refractivity (Wildman–Crippen MR) is 106 cm³/mol. The zero-order valence-electron chi connectivity index (χ0n) is 14.9. The van der Waals surface area contributed by atoms with Crippen molar-refractivity contribution >= 4 is 29.3 Å². The first-order valence-corrected chi connectivity index (χ1v) is 9.13. The highest BCUT2D eigenvalue weighted by atomic mass is 32.2. The Hall–Kier alpha value is -3.24. The summed E-state index contributed by atoms with van der Waals surface area (Å²) in [5.74, 6) is -0.628. The van der Waals surface area contributed by atoms with Gasteiger partial charge in [-0.2, -0.15) is 5.26 Å². The van der Waals surface area contributed by atoms with Gasteiger partial charge in [-0.25, -0.2) is 0 Å². The molecule has 2 amide bonds. The van der Waals surface area contributed by atoms with E-state index < -0.39 is 5.91 Å². The molecule has 0 aliphatic carbocycles. The molecule has 6 nitrogen and oxygen atoms in total. The van der Waals surface area contributed by atoms with E-state index in [1.165, 1.54) is 24.9 Å². The van der Waals surface area contributed by atoms with Crippen LogP contribution in [0, 0.1) is 11.3 Å². The minimum atomic E-state index is -0.495. The Labute approximate surface area is 162 Å². The largest absolute Gasteiger partial charge is 0.388 e. The highest BCUT2D eigenvalue weighted by Crippen LogP contribution is 2.33. The van der Waals surface area contributed by atoms with Gasteiger partial charge in [0.15, 0.2) is 0 Å². The van der Waals surface area contributed by atoms with Crippen LogP contribution in [0.5, 0.6) is 0 Å². The van der Waals surface area contributed by atoms with Crippen molar-refractivity contribution in [2.24, 2.45) is 0 Å². The summed E-state index contributed by atoms with van der Waals surface area (Å²) in [6.45, 7) is 2.25. The molecule has 2 aromatic carbocycles. The third-order valence-electron chi connectivity index (χ3n) is 3.36. The van der Waals surface area contributed by atoms with Crippen LogP contribution in [0.15, 0.2) is 76.2 Å². The second-order valence-electron chi connectivity index (χ2n) is 5.47. The first kappa shape index (κ1) is 20.1. The van der Waals surface area contributed by atoms with Crippen molar-refractivity contribution in [1.82, 2.24) is 10.6 Å². The molecule has 2 aromatic rings. The summed E-state index contributed by atoms with van der Waals surface area (Å²) in [6.07, 6.45) is 1.35. The molecule has 0 unspecified atom stereocenters. The van der Waals surface area contributed by atoms with E-state index in [9.17, 15) is 14.9 Å². The lowest BCUT2D eigenvalue weighted by Gasteiger charge is -2.10. The SMILES string of the molecule is CC(=O)NCCN/C=C(/C#N)C(=O)Nc1ccccc1Sc1ccccc1. The molecule has 0 radical (unpaired) electrons. The first-order chi connectivity index (χ1) is 13.1. The molecule has 0 bridgehead atoms. The molecule has 0 aliphatic rings. The van der Waals surface area contributed by atoms with Gasteiger partial charge in [0.25, 0.3) is 5.91 Å². The number of nitrogens with zero attached hydrogens (tertiary/aromatic N) is 1. The number of nitriles is 1. The van der Waals surface area contributed by atoms with Gasteiger partial charge in [-0.3, -0.25) is 9.59 Å². The van der Waals surface area contributed by atoms with Gasteiger partial charge in [-0.15, -0.1) is 0 Å². The Bertz CT molecular complexity index is 860. The number of hydrogen-bond donors (Lipinski definition) is 3. The Kier molecular flexibility index (Phi) is 7.94. The van der Waals surface area contributed by atoms with Crippen LogP contribution in [-0.4, -0.2) is 24.9 Å². The smallest absolute Gasteiger partial charge is 0.267 e. The van der Waals surface area contributed by atoms with Crippen molar-refractivity contribution in [2.45, 2.75) is 16.7 Å². The van der Waals surface area contributed by atoms with Crippen molar-refractivity contribution in [3.63, 3.8) is 0 Å². The molecule has 2 rings (SSSR count). The first-order valence-electron chi connectivity index (χ1n) is 8.31. The van der Waals surface area contributed by atoms with Crippen LogP contribution >= 0.6 is 11.8 Å². The van der Waals surface area contributed by atoms with E-state index in [4.69, 9.17) is 0 Å². The van der Waals surface area contributed by atoms with Crippen LogP contribution in [0.2, 0.25) is 0 Å². The molecule has 7 heteroatoms. The van der Waals surface area contributed by atoms with Gasteiger partial charge in [0.1, 0.15) is 11.6 Å². The minimum Gasteiger partial charge on any atom is -0.388 e. The molecule has 0 heterocycles. The minimum absolute atomic E-state index is 0.0441. The second kappa shape index (κ2) is 10.7. The lowest BCUT2D eigenvalue weighted by molar-refractivity contribution is -0.119. The van der Waals surface area contributed by atoms with Crippen molar-refractivity contribution in [1.29, 1.82) is 5.26 Å². The molecule has 27 heavy (non-hydrogen) atoms. The standard InChI is InChI=1S/C20H20N4O2S/c1-15(25)23-12-11-22-14-16(13-21)20(26)24-18-9-5-6-10-19(18)27-17-7-3-2-4-8-17/h2-10,14,22H,11-12H2,1H3,(H,23,25)(H,24,26)/b16-14-. The van der Waals surface area contributed by atoms with Gasteiger partial charge in [-0.1, -0.05) is 42.1 Å². The normalized spacial score (nSPS) is 10.6. The topological polar surface area (TPSA) is 94.0 Å². The van der Waals surface area contributed by atoms with Crippen molar-refractivity contribution in [3.8, 4) is 6.07 Å². The Morgan fingerprint density at radius 3 is 2.48 bits per heavy atom. The number of para-hydroxylation sites is 1. The van der Waals surface area contributed by atoms with Gasteiger partial charge in [0.2, 0.25) is 5.91 Å². The summed E-state index contributed by atoms with van der Waals surface area (Å²) in [4.78, 5) is 25.1. The van der Waals surface area contributed by atoms with Crippen LogP contribution in [0.25, 0.3) is 0 Å². The molecule has 0 saturated heterocycles. The number of carbonyl (C=O) groups is 2. The fraction of sp³-hybridized carbons (Fsp3) is 0.150. The van der Waals surface area contributed by atoms with Gasteiger partial charge in [0, 0.05) is 36.0 Å². The van der Waals surface area contributed by atoms with E-state index >= 15 is 0 Å². The van der Waals surface area contributed by atoms with Crippen LogP contribution in [-0.2, 0) is 9.59 Å². The third-order valence-corrected chi connectivity index (χ3v) is 4.44. The Balaban J connectivity index is 2.01. The molecule has 0 atom stereocenters. The molecule has 0 aliphatic heterocycles. The third kappa shape index (κ3) is 6.88. The van der Waals surface area contributed by atoms with Crippen LogP contribution < -0.4 is 16.0 Å². The van der Waals surface area contributed by atoms with E-state index in [1.807, 2.05) is 54.6 Å². The highest BCUT2D eigenvalue weighted by Gasteiger charge is 2.12. The summed E-state index contributed by atoms with van der Waals surface area (Å²) in [7, 11) is 0. The predicted octanol–water partition coefficient (Wildman–Crippen LogP) is 2.91. The lowest BCUT2D eigenvalue weighted by atomic mass is 10.2. The number of amides is 2. The molecule has 0 spiro atoms. The summed E-state index contributed by atoms with van der Waals surface area (Å²) in [6, 6.07) is 19.1. The molecular formula is C20H20N4O2S. The number of anilines is 1. The average molecular weight is 380 g/mol. The quantitative estimate of drug-likeness (QED) is 0.372. The number of hydrogen-bond acceptors (Lipinski definition) is 5. The van der Waals surface area contributed by atoms with Gasteiger partial charge in [-0.05, 0) is 24.3 Å². The monoisotopic (exact) mass is 380 g/mol. The number of nitrogens with one attached hydrogen (secondary N) is 3. The van der Waals surface area contributed by atoms with Crippen LogP contribution in [0.1, 0.15) is 6.92 Å². The molecule has 3 N–H and O–H groups in total. The van der Waals surface area contributed by atoms with Gasteiger partial charge < -0.3 is 16.0 Å². The maximum Gasteiger partial charge on any atom is 0.267 e. The maximum absolute atomic E-state index is 12.4. The van der Waals surface area contributed by atoms with Crippen molar-refractivity contribution < 1.29 is 9.59 Å². The van der Waals surface area contributed by atoms with E-state index in [0.717, 1.165) is 9.79 Å². The zero-order chi connectivity index (χ0) is 19.5. The van der Waals surface area contributed by atoms with Crippen molar-refractivity contribution in [3.05, 3.63) is 66.4 Å². The van der Waals surface area contributed by atoms with Crippen LogP contribution in [0.4, 0.5) is 5.69 Å². The van der Waals surface area contributed by atoms with E-state index in [-0.39, 0.29) is 11.5 Å². The number of carbonyl (C=O) groups excluding carboxylic acids is 2. The number of rotatable bonds is 8. The highest BCUT2D eigenvalue weighted by molar-refractivity contribution is 7.99.